The number of hydrogen-bond donors (Lipinski definition) is 2. The van der Waals surface area contributed by atoms with E-state index in [9.17, 15) is 13.9 Å². The van der Waals surface area contributed by atoms with Crippen molar-refractivity contribution in [1.82, 2.24) is 4.90 Å². The first-order valence-corrected chi connectivity index (χ1v) is 5.84. The number of aliphatic hydroxyl groups is 1. The molecule has 1 atom stereocenters. The smallest absolute Gasteiger partial charge is 0.250 e. The molecule has 1 heterocycles. The third kappa shape index (κ3) is 1.96. The summed E-state index contributed by atoms with van der Waals surface area (Å²) in [5.41, 5.74) is 3.83. The van der Waals surface area contributed by atoms with E-state index in [0.717, 1.165) is 13.1 Å². The summed E-state index contributed by atoms with van der Waals surface area (Å²) in [5, 5.41) is 10.5. The lowest BCUT2D eigenvalue weighted by molar-refractivity contribution is -0.0892. The van der Waals surface area contributed by atoms with Crippen LogP contribution in [0.4, 0.5) is 8.78 Å². The van der Waals surface area contributed by atoms with Crippen LogP contribution in [0.3, 0.4) is 0 Å². The Bertz CT molecular complexity index is 277. The Hall–Kier alpha value is -0.260. The van der Waals surface area contributed by atoms with Gasteiger partial charge in [-0.05, 0) is 26.3 Å². The molecule has 94 valence electrons. The zero-order chi connectivity index (χ0) is 12.0. The molecule has 0 aromatic heterocycles. The lowest BCUT2D eigenvalue weighted by atomic mass is 9.73. The van der Waals surface area contributed by atoms with Crippen LogP contribution >= 0.6 is 0 Å². The molecule has 2 fully saturated rings. The number of nitrogens with two attached hydrogens (primary N) is 1. The SMILES string of the molecule is CN1CCC(O)(C2(N)CCC(F)(F)C2)CC1. The summed E-state index contributed by atoms with van der Waals surface area (Å²) < 4.78 is 26.5. The Kier molecular flexibility index (Phi) is 2.76. The fourth-order valence-electron chi connectivity index (χ4n) is 2.93. The van der Waals surface area contributed by atoms with Crippen LogP contribution in [-0.2, 0) is 0 Å². The van der Waals surface area contributed by atoms with E-state index in [1.54, 1.807) is 0 Å². The molecule has 1 saturated carbocycles. The molecular formula is C11H20F2N2O. The van der Waals surface area contributed by atoms with Gasteiger partial charge < -0.3 is 15.7 Å². The first-order chi connectivity index (χ1) is 7.27. The standard InChI is InChI=1S/C11H20F2N2O/c1-15-6-4-10(16,5-7-15)9(14)2-3-11(12,13)8-9/h16H,2-8,14H2,1H3. The zero-order valence-electron chi connectivity index (χ0n) is 9.68. The number of piperidine rings is 1. The molecule has 0 amide bonds. The van der Waals surface area contributed by atoms with E-state index in [4.69, 9.17) is 5.73 Å². The normalized spacial score (nSPS) is 38.8. The lowest BCUT2D eigenvalue weighted by Gasteiger charge is -2.46. The highest BCUT2D eigenvalue weighted by molar-refractivity contribution is 5.11. The Balaban J connectivity index is 2.12. The summed E-state index contributed by atoms with van der Waals surface area (Å²) >= 11 is 0. The van der Waals surface area contributed by atoms with Crippen molar-refractivity contribution >= 4 is 0 Å². The maximum absolute atomic E-state index is 13.2. The molecular weight excluding hydrogens is 214 g/mol. The number of likely N-dealkylation sites (tertiary alicyclic amines) is 1. The average molecular weight is 234 g/mol. The van der Waals surface area contributed by atoms with E-state index in [-0.39, 0.29) is 19.3 Å². The van der Waals surface area contributed by atoms with Crippen molar-refractivity contribution in [2.24, 2.45) is 5.73 Å². The Morgan fingerprint density at radius 2 is 1.69 bits per heavy atom. The maximum atomic E-state index is 13.2. The van der Waals surface area contributed by atoms with Crippen molar-refractivity contribution in [3.05, 3.63) is 0 Å². The summed E-state index contributed by atoms with van der Waals surface area (Å²) in [6.45, 7) is 1.45. The van der Waals surface area contributed by atoms with E-state index in [0.29, 0.717) is 12.8 Å². The van der Waals surface area contributed by atoms with Crippen molar-refractivity contribution in [2.75, 3.05) is 20.1 Å². The third-order valence-corrected chi connectivity index (χ3v) is 4.25. The van der Waals surface area contributed by atoms with Gasteiger partial charge >= 0.3 is 0 Å². The molecule has 0 aromatic carbocycles. The predicted octanol–water partition coefficient (Wildman–Crippen LogP) is 0.960. The number of rotatable bonds is 1. The van der Waals surface area contributed by atoms with Gasteiger partial charge in [0.05, 0.1) is 11.1 Å². The van der Waals surface area contributed by atoms with E-state index in [1.165, 1.54) is 0 Å². The van der Waals surface area contributed by atoms with Crippen molar-refractivity contribution in [2.45, 2.75) is 49.2 Å². The highest BCUT2D eigenvalue weighted by Crippen LogP contribution is 2.48. The van der Waals surface area contributed by atoms with Gasteiger partial charge in [-0.3, -0.25) is 0 Å². The van der Waals surface area contributed by atoms with Crippen LogP contribution in [0.25, 0.3) is 0 Å². The van der Waals surface area contributed by atoms with Crippen molar-refractivity contribution < 1.29 is 13.9 Å². The van der Waals surface area contributed by atoms with Crippen LogP contribution in [-0.4, -0.2) is 47.2 Å². The molecule has 0 bridgehead atoms. The number of hydrogen-bond acceptors (Lipinski definition) is 3. The van der Waals surface area contributed by atoms with Crippen LogP contribution in [0, 0.1) is 0 Å². The fourth-order valence-corrected chi connectivity index (χ4v) is 2.93. The van der Waals surface area contributed by atoms with Crippen molar-refractivity contribution in [3.8, 4) is 0 Å². The Labute approximate surface area is 94.6 Å². The largest absolute Gasteiger partial charge is 0.388 e. The highest BCUT2D eigenvalue weighted by Gasteiger charge is 2.57. The second-order valence-electron chi connectivity index (χ2n) is 5.52. The molecule has 0 radical (unpaired) electrons. The van der Waals surface area contributed by atoms with Crippen LogP contribution in [0.15, 0.2) is 0 Å². The molecule has 3 nitrogen and oxygen atoms in total. The van der Waals surface area contributed by atoms with E-state index in [1.807, 2.05) is 7.05 Å². The second-order valence-corrected chi connectivity index (χ2v) is 5.52. The molecule has 3 N–H and O–H groups in total. The van der Waals surface area contributed by atoms with Gasteiger partial charge in [0.1, 0.15) is 0 Å². The van der Waals surface area contributed by atoms with Crippen LogP contribution < -0.4 is 5.73 Å². The zero-order valence-corrected chi connectivity index (χ0v) is 9.68. The van der Waals surface area contributed by atoms with Crippen LogP contribution in [0.1, 0.15) is 32.1 Å². The van der Waals surface area contributed by atoms with Crippen LogP contribution in [0.5, 0.6) is 0 Å². The summed E-state index contributed by atoms with van der Waals surface area (Å²) in [6.07, 6.45) is 0.647. The molecule has 2 aliphatic rings. The minimum absolute atomic E-state index is 0.193. The fraction of sp³-hybridized carbons (Fsp3) is 1.00. The van der Waals surface area contributed by atoms with Gasteiger partial charge in [-0.1, -0.05) is 0 Å². The molecule has 1 unspecified atom stereocenters. The van der Waals surface area contributed by atoms with Gasteiger partial charge in [-0.2, -0.15) is 0 Å². The summed E-state index contributed by atoms with van der Waals surface area (Å²) in [4.78, 5) is 2.09. The second kappa shape index (κ2) is 3.62. The summed E-state index contributed by atoms with van der Waals surface area (Å²) in [6, 6.07) is 0. The molecule has 1 saturated heterocycles. The quantitative estimate of drug-likeness (QED) is 0.710. The van der Waals surface area contributed by atoms with Crippen LogP contribution in [0.2, 0.25) is 0 Å². The highest BCUT2D eigenvalue weighted by atomic mass is 19.3. The molecule has 2 rings (SSSR count). The Morgan fingerprint density at radius 3 is 2.12 bits per heavy atom. The molecule has 5 heteroatoms. The van der Waals surface area contributed by atoms with Crippen molar-refractivity contribution in [3.63, 3.8) is 0 Å². The summed E-state index contributed by atoms with van der Waals surface area (Å²) in [7, 11) is 1.96. The van der Waals surface area contributed by atoms with E-state index < -0.39 is 17.1 Å². The van der Waals surface area contributed by atoms with Crippen molar-refractivity contribution in [1.29, 1.82) is 0 Å². The first kappa shape index (κ1) is 12.2. The van der Waals surface area contributed by atoms with Gasteiger partial charge in [-0.15, -0.1) is 0 Å². The van der Waals surface area contributed by atoms with Gasteiger partial charge in [0.25, 0.3) is 0 Å². The molecule has 1 aliphatic heterocycles. The minimum Gasteiger partial charge on any atom is -0.388 e. The van der Waals surface area contributed by atoms with E-state index in [2.05, 4.69) is 4.90 Å². The topological polar surface area (TPSA) is 49.5 Å². The molecule has 16 heavy (non-hydrogen) atoms. The van der Waals surface area contributed by atoms with Gasteiger partial charge in [0.2, 0.25) is 5.92 Å². The number of nitrogens with zero attached hydrogens (tertiary/aromatic N) is 1. The van der Waals surface area contributed by atoms with Gasteiger partial charge in [0.15, 0.2) is 0 Å². The third-order valence-electron chi connectivity index (χ3n) is 4.25. The Morgan fingerprint density at radius 1 is 1.12 bits per heavy atom. The average Bonchev–Trinajstić information content (AvgIpc) is 2.48. The van der Waals surface area contributed by atoms with E-state index >= 15 is 0 Å². The lowest BCUT2D eigenvalue weighted by Crippen LogP contribution is -2.63. The van der Waals surface area contributed by atoms with Gasteiger partial charge in [-0.25, -0.2) is 8.78 Å². The predicted molar refractivity (Wildman–Crippen MR) is 57.4 cm³/mol. The molecule has 1 aliphatic carbocycles. The van der Waals surface area contributed by atoms with Gasteiger partial charge in [0, 0.05) is 25.9 Å². The minimum atomic E-state index is -2.70. The molecule has 0 spiro atoms. The first-order valence-electron chi connectivity index (χ1n) is 5.84. The number of halogens is 2. The maximum Gasteiger partial charge on any atom is 0.250 e. The monoisotopic (exact) mass is 234 g/mol. The number of alkyl halides is 2. The molecule has 0 aromatic rings. The summed E-state index contributed by atoms with van der Waals surface area (Å²) in [5.74, 6) is -2.70.